The zero-order valence-corrected chi connectivity index (χ0v) is 12.6. The van der Waals surface area contributed by atoms with Crippen molar-refractivity contribution in [3.8, 4) is 5.75 Å². The SMILES string of the molecule is COc1ccc(C(NN2CCCCC2=O)C(C)C)cc1. The van der Waals surface area contributed by atoms with E-state index in [1.54, 1.807) is 12.1 Å². The van der Waals surface area contributed by atoms with Crippen molar-refractivity contribution in [1.29, 1.82) is 0 Å². The number of carbonyl (C=O) groups is 1. The molecule has 1 aromatic carbocycles. The van der Waals surface area contributed by atoms with E-state index in [1.807, 2.05) is 12.1 Å². The summed E-state index contributed by atoms with van der Waals surface area (Å²) in [7, 11) is 1.67. The summed E-state index contributed by atoms with van der Waals surface area (Å²) in [5.74, 6) is 1.46. The highest BCUT2D eigenvalue weighted by atomic mass is 16.5. The van der Waals surface area contributed by atoms with Gasteiger partial charge in [-0.3, -0.25) is 9.80 Å². The first-order chi connectivity index (χ1) is 9.61. The molecule has 110 valence electrons. The van der Waals surface area contributed by atoms with Crippen molar-refractivity contribution in [2.24, 2.45) is 5.92 Å². The van der Waals surface area contributed by atoms with Crippen molar-refractivity contribution in [3.05, 3.63) is 29.8 Å². The molecule has 0 radical (unpaired) electrons. The molecule has 2 rings (SSSR count). The van der Waals surface area contributed by atoms with Gasteiger partial charge in [0.05, 0.1) is 13.2 Å². The number of carbonyl (C=O) groups excluding carboxylic acids is 1. The van der Waals surface area contributed by atoms with E-state index in [9.17, 15) is 4.79 Å². The van der Waals surface area contributed by atoms with Crippen LogP contribution in [0, 0.1) is 5.92 Å². The molecule has 4 heteroatoms. The maximum absolute atomic E-state index is 11.9. The van der Waals surface area contributed by atoms with Gasteiger partial charge >= 0.3 is 0 Å². The number of piperidine rings is 1. The molecule has 1 N–H and O–H groups in total. The van der Waals surface area contributed by atoms with E-state index in [0.29, 0.717) is 12.3 Å². The Morgan fingerprint density at radius 2 is 1.90 bits per heavy atom. The zero-order valence-electron chi connectivity index (χ0n) is 12.6. The minimum absolute atomic E-state index is 0.142. The Morgan fingerprint density at radius 3 is 2.45 bits per heavy atom. The predicted octanol–water partition coefficient (Wildman–Crippen LogP) is 2.91. The fourth-order valence-electron chi connectivity index (χ4n) is 2.53. The molecule has 0 bridgehead atoms. The minimum Gasteiger partial charge on any atom is -0.497 e. The van der Waals surface area contributed by atoms with Gasteiger partial charge in [-0.15, -0.1) is 0 Å². The number of nitrogens with one attached hydrogen (secondary N) is 1. The molecule has 0 saturated carbocycles. The number of nitrogens with zero attached hydrogens (tertiary/aromatic N) is 1. The lowest BCUT2D eigenvalue weighted by atomic mass is 9.96. The first-order valence-electron chi connectivity index (χ1n) is 7.32. The highest BCUT2D eigenvalue weighted by molar-refractivity contribution is 5.76. The maximum Gasteiger partial charge on any atom is 0.236 e. The molecule has 1 heterocycles. The Bertz CT molecular complexity index is 442. The van der Waals surface area contributed by atoms with E-state index in [4.69, 9.17) is 4.74 Å². The lowest BCUT2D eigenvalue weighted by molar-refractivity contribution is -0.138. The molecule has 1 aromatic rings. The molecule has 1 unspecified atom stereocenters. The predicted molar refractivity (Wildman–Crippen MR) is 79.3 cm³/mol. The van der Waals surface area contributed by atoms with E-state index < -0.39 is 0 Å². The van der Waals surface area contributed by atoms with Crippen molar-refractivity contribution >= 4 is 5.91 Å². The summed E-state index contributed by atoms with van der Waals surface area (Å²) in [6, 6.07) is 8.19. The second kappa shape index (κ2) is 6.75. The fraction of sp³-hybridized carbons (Fsp3) is 0.562. The second-order valence-corrected chi connectivity index (χ2v) is 5.63. The molecule has 0 aromatic heterocycles. The quantitative estimate of drug-likeness (QED) is 0.899. The van der Waals surface area contributed by atoms with E-state index in [0.717, 1.165) is 25.1 Å². The smallest absolute Gasteiger partial charge is 0.236 e. The molecular weight excluding hydrogens is 252 g/mol. The lowest BCUT2D eigenvalue weighted by Gasteiger charge is -2.33. The first kappa shape index (κ1) is 14.9. The number of hydrogen-bond donors (Lipinski definition) is 1. The van der Waals surface area contributed by atoms with Crippen LogP contribution in [0.4, 0.5) is 0 Å². The number of methoxy groups -OCH3 is 1. The van der Waals surface area contributed by atoms with Crippen LogP contribution in [-0.2, 0) is 4.79 Å². The number of hydrogen-bond acceptors (Lipinski definition) is 3. The van der Waals surface area contributed by atoms with Gasteiger partial charge in [0.15, 0.2) is 0 Å². The van der Waals surface area contributed by atoms with Crippen LogP contribution in [0.15, 0.2) is 24.3 Å². The third-order valence-electron chi connectivity index (χ3n) is 3.76. The number of ether oxygens (including phenoxy) is 1. The summed E-state index contributed by atoms with van der Waals surface area (Å²) in [6.07, 6.45) is 2.73. The largest absolute Gasteiger partial charge is 0.497 e. The summed E-state index contributed by atoms with van der Waals surface area (Å²) in [4.78, 5) is 11.9. The molecule has 0 aliphatic carbocycles. The van der Waals surface area contributed by atoms with Crippen LogP contribution in [0.2, 0.25) is 0 Å². The van der Waals surface area contributed by atoms with Gasteiger partial charge in [-0.2, -0.15) is 0 Å². The maximum atomic E-state index is 11.9. The Hall–Kier alpha value is -1.55. The van der Waals surface area contributed by atoms with Gasteiger partial charge < -0.3 is 4.74 Å². The molecule has 1 saturated heterocycles. The summed E-state index contributed by atoms with van der Waals surface area (Å²) < 4.78 is 5.19. The number of amides is 1. The molecule has 1 aliphatic rings. The molecule has 1 atom stereocenters. The normalized spacial score (nSPS) is 17.4. The monoisotopic (exact) mass is 276 g/mol. The Balaban J connectivity index is 2.11. The van der Waals surface area contributed by atoms with E-state index in [2.05, 4.69) is 31.4 Å². The Morgan fingerprint density at radius 1 is 1.20 bits per heavy atom. The zero-order chi connectivity index (χ0) is 14.5. The summed E-state index contributed by atoms with van der Waals surface area (Å²) in [5, 5.41) is 1.79. The van der Waals surface area contributed by atoms with Crippen LogP contribution in [0.25, 0.3) is 0 Å². The fourth-order valence-corrected chi connectivity index (χ4v) is 2.53. The van der Waals surface area contributed by atoms with Gasteiger partial charge in [0, 0.05) is 13.0 Å². The average molecular weight is 276 g/mol. The highest BCUT2D eigenvalue weighted by Gasteiger charge is 2.23. The highest BCUT2D eigenvalue weighted by Crippen LogP contribution is 2.25. The van der Waals surface area contributed by atoms with Gasteiger partial charge in [-0.1, -0.05) is 26.0 Å². The molecular formula is C16H24N2O2. The molecule has 0 spiro atoms. The molecule has 1 aliphatic heterocycles. The van der Waals surface area contributed by atoms with Crippen LogP contribution >= 0.6 is 0 Å². The van der Waals surface area contributed by atoms with Crippen LogP contribution < -0.4 is 10.2 Å². The second-order valence-electron chi connectivity index (χ2n) is 5.63. The van der Waals surface area contributed by atoms with Crippen LogP contribution in [0.5, 0.6) is 5.75 Å². The molecule has 4 nitrogen and oxygen atoms in total. The van der Waals surface area contributed by atoms with Crippen molar-refractivity contribution in [3.63, 3.8) is 0 Å². The van der Waals surface area contributed by atoms with Gasteiger partial charge in [-0.05, 0) is 36.5 Å². The Kier molecular flexibility index (Phi) is 5.01. The van der Waals surface area contributed by atoms with Gasteiger partial charge in [-0.25, -0.2) is 5.43 Å². The summed E-state index contributed by atoms with van der Waals surface area (Å²) in [6.45, 7) is 5.13. The van der Waals surface area contributed by atoms with Crippen molar-refractivity contribution in [2.45, 2.75) is 39.2 Å². The van der Waals surface area contributed by atoms with Gasteiger partial charge in [0.2, 0.25) is 5.91 Å². The molecule has 20 heavy (non-hydrogen) atoms. The summed E-state index contributed by atoms with van der Waals surface area (Å²) >= 11 is 0. The van der Waals surface area contributed by atoms with Gasteiger partial charge in [0.1, 0.15) is 5.75 Å². The van der Waals surface area contributed by atoms with Crippen molar-refractivity contribution < 1.29 is 9.53 Å². The molecule has 1 amide bonds. The van der Waals surface area contributed by atoms with Crippen LogP contribution in [0.1, 0.15) is 44.7 Å². The third-order valence-corrected chi connectivity index (χ3v) is 3.76. The van der Waals surface area contributed by atoms with Crippen molar-refractivity contribution in [2.75, 3.05) is 13.7 Å². The average Bonchev–Trinajstić information content (AvgIpc) is 2.46. The number of benzene rings is 1. The van der Waals surface area contributed by atoms with Crippen LogP contribution in [0.3, 0.4) is 0 Å². The van der Waals surface area contributed by atoms with Crippen LogP contribution in [-0.4, -0.2) is 24.6 Å². The topological polar surface area (TPSA) is 41.6 Å². The van der Waals surface area contributed by atoms with E-state index in [1.165, 1.54) is 5.56 Å². The van der Waals surface area contributed by atoms with E-state index >= 15 is 0 Å². The minimum atomic E-state index is 0.142. The number of rotatable bonds is 5. The molecule has 1 fully saturated rings. The lowest BCUT2D eigenvalue weighted by Crippen LogP contribution is -2.48. The van der Waals surface area contributed by atoms with Crippen molar-refractivity contribution in [1.82, 2.24) is 10.4 Å². The third kappa shape index (κ3) is 3.51. The standard InChI is InChI=1S/C16H24N2O2/c1-12(2)16(13-7-9-14(20-3)10-8-13)17-18-11-5-4-6-15(18)19/h7-10,12,16-17H,4-6,11H2,1-3H3. The number of hydrazine groups is 1. The van der Waals surface area contributed by atoms with E-state index in [-0.39, 0.29) is 11.9 Å². The summed E-state index contributed by atoms with van der Waals surface area (Å²) in [5.41, 5.74) is 4.58. The van der Waals surface area contributed by atoms with Gasteiger partial charge in [0.25, 0.3) is 0 Å². The first-order valence-corrected chi connectivity index (χ1v) is 7.32. The Labute approximate surface area is 121 Å².